The lowest BCUT2D eigenvalue weighted by molar-refractivity contribution is -0.113. The molecule has 0 aliphatic carbocycles. The van der Waals surface area contributed by atoms with Crippen LogP contribution in [0.1, 0.15) is 0 Å². The van der Waals surface area contributed by atoms with Gasteiger partial charge in [0.1, 0.15) is 0 Å². The number of benzene rings is 3. The van der Waals surface area contributed by atoms with Crippen molar-refractivity contribution in [3.8, 4) is 21.7 Å². The van der Waals surface area contributed by atoms with Crippen LogP contribution in [0.25, 0.3) is 21.7 Å². The van der Waals surface area contributed by atoms with Gasteiger partial charge in [-0.25, -0.2) is 4.98 Å². The second kappa shape index (κ2) is 8.87. The predicted octanol–water partition coefficient (Wildman–Crippen LogP) is 6.21. The van der Waals surface area contributed by atoms with Crippen molar-refractivity contribution in [2.45, 2.75) is 4.90 Å². The molecule has 0 radical (unpaired) electrons. The number of amides is 1. The van der Waals surface area contributed by atoms with Crippen molar-refractivity contribution in [1.29, 1.82) is 0 Å². The van der Waals surface area contributed by atoms with Gasteiger partial charge in [0, 0.05) is 10.5 Å². The maximum Gasteiger partial charge on any atom is 0.236 e. The maximum absolute atomic E-state index is 12.4. The van der Waals surface area contributed by atoms with E-state index >= 15 is 0 Å². The number of nitrogens with zero attached hydrogens (tertiary/aromatic N) is 1. The summed E-state index contributed by atoms with van der Waals surface area (Å²) in [6, 6.07) is 30.1. The number of carbonyl (C=O) groups is 1. The normalized spacial score (nSPS) is 10.6. The van der Waals surface area contributed by atoms with E-state index in [9.17, 15) is 4.79 Å². The van der Waals surface area contributed by atoms with E-state index in [0.29, 0.717) is 10.9 Å². The average Bonchev–Trinajstić information content (AvgIpc) is 3.18. The van der Waals surface area contributed by atoms with Gasteiger partial charge in [0.05, 0.1) is 16.3 Å². The Morgan fingerprint density at radius 1 is 0.821 bits per heavy atom. The third-order valence-corrected chi connectivity index (χ3v) is 6.10. The Balaban J connectivity index is 1.56. The summed E-state index contributed by atoms with van der Waals surface area (Å²) >= 11 is 3.02. The van der Waals surface area contributed by atoms with Crippen LogP contribution in [0.2, 0.25) is 0 Å². The smallest absolute Gasteiger partial charge is 0.236 e. The van der Waals surface area contributed by atoms with Crippen molar-refractivity contribution >= 4 is 34.1 Å². The molecule has 0 fully saturated rings. The number of aromatic nitrogens is 1. The van der Waals surface area contributed by atoms with Crippen LogP contribution in [0, 0.1) is 0 Å². The van der Waals surface area contributed by atoms with Crippen molar-refractivity contribution < 1.29 is 4.79 Å². The molecule has 4 rings (SSSR count). The number of hydrogen-bond donors (Lipinski definition) is 1. The molecule has 28 heavy (non-hydrogen) atoms. The molecular formula is C23H18N2OS2. The van der Waals surface area contributed by atoms with Gasteiger partial charge < -0.3 is 5.32 Å². The van der Waals surface area contributed by atoms with Gasteiger partial charge in [-0.15, -0.1) is 11.8 Å². The summed E-state index contributed by atoms with van der Waals surface area (Å²) in [7, 11) is 0. The molecule has 0 spiro atoms. The highest BCUT2D eigenvalue weighted by Gasteiger charge is 2.16. The van der Waals surface area contributed by atoms with Gasteiger partial charge in [-0.3, -0.25) is 4.79 Å². The topological polar surface area (TPSA) is 42.0 Å². The third-order valence-electron chi connectivity index (χ3n) is 4.07. The van der Waals surface area contributed by atoms with E-state index in [-0.39, 0.29) is 5.91 Å². The van der Waals surface area contributed by atoms with E-state index in [1.165, 1.54) is 23.1 Å². The fourth-order valence-corrected chi connectivity index (χ4v) is 4.50. The first-order valence-electron chi connectivity index (χ1n) is 8.89. The van der Waals surface area contributed by atoms with E-state index < -0.39 is 0 Å². The Morgan fingerprint density at radius 2 is 1.39 bits per heavy atom. The average molecular weight is 403 g/mol. The SMILES string of the molecule is O=C(CSc1ccccc1)Nc1nc(-c2ccccc2)c(-c2ccccc2)s1. The summed E-state index contributed by atoms with van der Waals surface area (Å²) in [5, 5.41) is 3.58. The van der Waals surface area contributed by atoms with Crippen molar-refractivity contribution in [2.75, 3.05) is 11.1 Å². The molecule has 1 heterocycles. The molecule has 0 saturated heterocycles. The minimum absolute atomic E-state index is 0.0539. The molecule has 0 saturated carbocycles. The second-order valence-corrected chi connectivity index (χ2v) is 8.13. The number of nitrogens with one attached hydrogen (secondary N) is 1. The molecule has 3 aromatic carbocycles. The summed E-state index contributed by atoms with van der Waals surface area (Å²) in [5.74, 6) is 0.298. The first-order valence-corrected chi connectivity index (χ1v) is 10.7. The Bertz CT molecular complexity index is 991. The maximum atomic E-state index is 12.4. The van der Waals surface area contributed by atoms with Gasteiger partial charge in [-0.1, -0.05) is 90.2 Å². The van der Waals surface area contributed by atoms with Gasteiger partial charge in [-0.05, 0) is 17.7 Å². The number of thioether (sulfide) groups is 1. The molecule has 0 bridgehead atoms. The van der Waals surface area contributed by atoms with E-state index in [1.54, 1.807) is 0 Å². The molecule has 1 aromatic heterocycles. The zero-order valence-electron chi connectivity index (χ0n) is 15.0. The molecule has 3 nitrogen and oxygen atoms in total. The molecule has 0 aliphatic rings. The molecule has 138 valence electrons. The van der Waals surface area contributed by atoms with Crippen LogP contribution in [-0.2, 0) is 4.79 Å². The fraction of sp³-hybridized carbons (Fsp3) is 0.0435. The van der Waals surface area contributed by atoms with Crippen LogP contribution in [0.3, 0.4) is 0 Å². The van der Waals surface area contributed by atoms with Gasteiger partial charge in [-0.2, -0.15) is 0 Å². The molecular weight excluding hydrogens is 384 g/mol. The quantitative estimate of drug-likeness (QED) is 0.390. The summed E-state index contributed by atoms with van der Waals surface area (Å²) < 4.78 is 0. The highest BCUT2D eigenvalue weighted by molar-refractivity contribution is 8.00. The van der Waals surface area contributed by atoms with Gasteiger partial charge in [0.15, 0.2) is 5.13 Å². The van der Waals surface area contributed by atoms with Gasteiger partial charge >= 0.3 is 0 Å². The number of anilines is 1. The largest absolute Gasteiger partial charge is 0.301 e. The van der Waals surface area contributed by atoms with Crippen molar-refractivity contribution in [1.82, 2.24) is 4.98 Å². The molecule has 0 aliphatic heterocycles. The Hall–Kier alpha value is -2.89. The fourth-order valence-electron chi connectivity index (χ4n) is 2.77. The molecule has 0 unspecified atom stereocenters. The first-order chi connectivity index (χ1) is 13.8. The van der Waals surface area contributed by atoms with E-state index in [0.717, 1.165) is 26.6 Å². The van der Waals surface area contributed by atoms with Crippen LogP contribution < -0.4 is 5.32 Å². The number of rotatable bonds is 6. The van der Waals surface area contributed by atoms with Crippen molar-refractivity contribution in [2.24, 2.45) is 0 Å². The van der Waals surface area contributed by atoms with E-state index in [1.807, 2.05) is 78.9 Å². The van der Waals surface area contributed by atoms with Crippen LogP contribution in [0.5, 0.6) is 0 Å². The van der Waals surface area contributed by atoms with Crippen LogP contribution in [0.4, 0.5) is 5.13 Å². The van der Waals surface area contributed by atoms with Crippen molar-refractivity contribution in [3.05, 3.63) is 91.0 Å². The Labute approximate surface area is 172 Å². The lowest BCUT2D eigenvalue weighted by Gasteiger charge is -2.02. The van der Waals surface area contributed by atoms with E-state index in [4.69, 9.17) is 4.98 Å². The number of carbonyl (C=O) groups excluding carboxylic acids is 1. The summed E-state index contributed by atoms with van der Waals surface area (Å²) in [6.07, 6.45) is 0. The van der Waals surface area contributed by atoms with Crippen LogP contribution in [-0.4, -0.2) is 16.6 Å². The minimum Gasteiger partial charge on any atom is -0.301 e. The molecule has 1 amide bonds. The third kappa shape index (κ3) is 4.50. The second-order valence-electron chi connectivity index (χ2n) is 6.08. The van der Waals surface area contributed by atoms with E-state index in [2.05, 4.69) is 17.4 Å². The number of hydrogen-bond acceptors (Lipinski definition) is 4. The van der Waals surface area contributed by atoms with Crippen LogP contribution in [0.15, 0.2) is 95.9 Å². The number of thiazole rings is 1. The molecule has 1 N–H and O–H groups in total. The lowest BCUT2D eigenvalue weighted by atomic mass is 10.1. The zero-order valence-corrected chi connectivity index (χ0v) is 16.7. The standard InChI is InChI=1S/C23H18N2OS2/c26-20(16-27-19-14-8-3-9-15-19)24-23-25-21(17-10-4-1-5-11-17)22(28-23)18-12-6-2-7-13-18/h1-15H,16H2,(H,24,25,26). The van der Waals surface area contributed by atoms with Crippen molar-refractivity contribution in [3.63, 3.8) is 0 Å². The Kier molecular flexibility index (Phi) is 5.85. The highest BCUT2D eigenvalue weighted by Crippen LogP contribution is 2.38. The Morgan fingerprint density at radius 3 is 2.04 bits per heavy atom. The predicted molar refractivity (Wildman–Crippen MR) is 119 cm³/mol. The summed E-state index contributed by atoms with van der Waals surface area (Å²) in [6.45, 7) is 0. The van der Waals surface area contributed by atoms with Crippen LogP contribution >= 0.6 is 23.1 Å². The minimum atomic E-state index is -0.0539. The monoisotopic (exact) mass is 402 g/mol. The summed E-state index contributed by atoms with van der Waals surface area (Å²) in [4.78, 5) is 19.3. The lowest BCUT2D eigenvalue weighted by Crippen LogP contribution is -2.13. The first kappa shape index (κ1) is 18.5. The van der Waals surface area contributed by atoms with Gasteiger partial charge in [0.25, 0.3) is 0 Å². The molecule has 4 aromatic rings. The zero-order chi connectivity index (χ0) is 19.2. The summed E-state index contributed by atoms with van der Waals surface area (Å²) in [5.41, 5.74) is 3.03. The van der Waals surface area contributed by atoms with Gasteiger partial charge in [0.2, 0.25) is 5.91 Å². The highest BCUT2D eigenvalue weighted by atomic mass is 32.2. The molecule has 5 heteroatoms. The molecule has 0 atom stereocenters.